The number of anilines is 2. The van der Waals surface area contributed by atoms with Crippen molar-refractivity contribution in [2.45, 2.75) is 6.92 Å². The van der Waals surface area contributed by atoms with Gasteiger partial charge in [0.1, 0.15) is 23.6 Å². The van der Waals surface area contributed by atoms with Crippen molar-refractivity contribution >= 4 is 28.3 Å². The number of nitrogens with zero attached hydrogens (tertiary/aromatic N) is 3. The molecule has 0 bridgehead atoms. The number of likely N-dealkylation sites (N-methyl/N-ethyl adjacent to an activating group) is 1. The first-order valence-corrected chi connectivity index (χ1v) is 8.46. The summed E-state index contributed by atoms with van der Waals surface area (Å²) in [6, 6.07) is 11.1. The molecule has 0 aliphatic carbocycles. The van der Waals surface area contributed by atoms with Crippen LogP contribution in [0.15, 0.2) is 42.7 Å². The van der Waals surface area contributed by atoms with Crippen molar-refractivity contribution < 1.29 is 14.3 Å². The van der Waals surface area contributed by atoms with Gasteiger partial charge in [-0.3, -0.25) is 4.79 Å². The van der Waals surface area contributed by atoms with Gasteiger partial charge in [0.05, 0.1) is 26.3 Å². The third-order valence-corrected chi connectivity index (χ3v) is 4.23. The van der Waals surface area contributed by atoms with E-state index in [-0.39, 0.29) is 12.5 Å². The summed E-state index contributed by atoms with van der Waals surface area (Å²) in [5.74, 6) is 1.76. The monoisotopic (exact) mass is 366 g/mol. The van der Waals surface area contributed by atoms with Crippen molar-refractivity contribution in [3.8, 4) is 11.5 Å². The molecular formula is C20H22N4O3. The second-order valence-electron chi connectivity index (χ2n) is 6.17. The van der Waals surface area contributed by atoms with E-state index in [9.17, 15) is 4.79 Å². The number of carbonyl (C=O) groups excluding carboxylic acids is 1. The van der Waals surface area contributed by atoms with E-state index in [1.54, 1.807) is 32.4 Å². The van der Waals surface area contributed by atoms with Gasteiger partial charge in [0.25, 0.3) is 0 Å². The minimum Gasteiger partial charge on any atom is -0.497 e. The van der Waals surface area contributed by atoms with Gasteiger partial charge >= 0.3 is 0 Å². The van der Waals surface area contributed by atoms with Crippen LogP contribution >= 0.6 is 0 Å². The van der Waals surface area contributed by atoms with Gasteiger partial charge in [-0.15, -0.1) is 0 Å². The van der Waals surface area contributed by atoms with Crippen molar-refractivity contribution in [3.05, 3.63) is 48.3 Å². The van der Waals surface area contributed by atoms with Gasteiger partial charge in [-0.25, -0.2) is 9.97 Å². The Morgan fingerprint density at radius 2 is 1.81 bits per heavy atom. The number of carbonyl (C=O) groups is 1. The Morgan fingerprint density at radius 1 is 1.11 bits per heavy atom. The topological polar surface area (TPSA) is 76.6 Å². The van der Waals surface area contributed by atoms with Crippen LogP contribution in [0.1, 0.15) is 5.56 Å². The fourth-order valence-electron chi connectivity index (χ4n) is 2.92. The van der Waals surface area contributed by atoms with E-state index in [2.05, 4.69) is 15.3 Å². The van der Waals surface area contributed by atoms with Gasteiger partial charge in [-0.1, -0.05) is 12.1 Å². The van der Waals surface area contributed by atoms with Crippen molar-refractivity contribution in [3.63, 3.8) is 0 Å². The number of nitrogens with one attached hydrogen (secondary N) is 1. The number of aromatic nitrogens is 2. The first-order chi connectivity index (χ1) is 13.0. The number of aryl methyl sites for hydroxylation is 1. The Hall–Kier alpha value is -3.35. The van der Waals surface area contributed by atoms with Gasteiger partial charge in [-0.2, -0.15) is 0 Å². The summed E-state index contributed by atoms with van der Waals surface area (Å²) in [5, 5.41) is 3.81. The van der Waals surface area contributed by atoms with Gasteiger partial charge < -0.3 is 19.7 Å². The van der Waals surface area contributed by atoms with Gasteiger partial charge in [-0.05, 0) is 18.6 Å². The zero-order valence-corrected chi connectivity index (χ0v) is 15.8. The molecular weight excluding hydrogens is 344 g/mol. The minimum absolute atomic E-state index is 0.139. The molecule has 1 amide bonds. The number of hydrogen-bond donors (Lipinski definition) is 1. The molecule has 7 nitrogen and oxygen atoms in total. The summed E-state index contributed by atoms with van der Waals surface area (Å²) in [5.41, 5.74) is 2.52. The molecule has 0 saturated heterocycles. The lowest BCUT2D eigenvalue weighted by atomic mass is 10.1. The van der Waals surface area contributed by atoms with E-state index >= 15 is 0 Å². The molecule has 0 aliphatic rings. The van der Waals surface area contributed by atoms with E-state index in [4.69, 9.17) is 9.47 Å². The van der Waals surface area contributed by atoms with E-state index in [1.807, 2.05) is 37.1 Å². The van der Waals surface area contributed by atoms with E-state index < -0.39 is 0 Å². The van der Waals surface area contributed by atoms with Crippen molar-refractivity contribution in [1.29, 1.82) is 0 Å². The summed E-state index contributed by atoms with van der Waals surface area (Å²) in [6.07, 6.45) is 1.51. The standard InChI is InChI=1S/C20H22N4O3/c1-13-6-5-7-17-19(13)20(22-12-21-17)24(2)11-18(25)23-14-8-15(26-3)10-16(9-14)27-4/h5-10,12H,11H2,1-4H3,(H,23,25). The lowest BCUT2D eigenvalue weighted by Gasteiger charge is -2.20. The lowest BCUT2D eigenvalue weighted by molar-refractivity contribution is -0.114. The Labute approximate surface area is 157 Å². The Bertz CT molecular complexity index is 947. The van der Waals surface area contributed by atoms with Crippen LogP contribution in [0.25, 0.3) is 10.9 Å². The lowest BCUT2D eigenvalue weighted by Crippen LogP contribution is -2.30. The minimum atomic E-state index is -0.173. The van der Waals surface area contributed by atoms with Crippen LogP contribution in [0.5, 0.6) is 11.5 Å². The number of ether oxygens (including phenoxy) is 2. The summed E-state index contributed by atoms with van der Waals surface area (Å²) >= 11 is 0. The number of rotatable bonds is 6. The summed E-state index contributed by atoms with van der Waals surface area (Å²) in [6.45, 7) is 2.14. The van der Waals surface area contributed by atoms with Gasteiger partial charge in [0.2, 0.25) is 5.91 Å². The molecule has 7 heteroatoms. The fraction of sp³-hybridized carbons (Fsp3) is 0.250. The highest BCUT2D eigenvalue weighted by Crippen LogP contribution is 2.27. The molecule has 0 spiro atoms. The summed E-state index contributed by atoms with van der Waals surface area (Å²) in [7, 11) is 4.97. The summed E-state index contributed by atoms with van der Waals surface area (Å²) < 4.78 is 10.5. The maximum Gasteiger partial charge on any atom is 0.243 e. The predicted octanol–water partition coefficient (Wildman–Crippen LogP) is 3.03. The van der Waals surface area contributed by atoms with Crippen LogP contribution < -0.4 is 19.7 Å². The van der Waals surface area contributed by atoms with E-state index in [0.717, 1.165) is 22.3 Å². The van der Waals surface area contributed by atoms with E-state index in [0.29, 0.717) is 17.2 Å². The Balaban J connectivity index is 1.79. The van der Waals surface area contributed by atoms with Crippen molar-refractivity contribution in [2.24, 2.45) is 0 Å². The number of hydrogen-bond acceptors (Lipinski definition) is 6. The maximum atomic E-state index is 12.5. The van der Waals surface area contributed by atoms with Crippen LogP contribution in [0.3, 0.4) is 0 Å². The van der Waals surface area contributed by atoms with Crippen LogP contribution in [0, 0.1) is 6.92 Å². The zero-order chi connectivity index (χ0) is 19.4. The molecule has 3 aromatic rings. The van der Waals surface area contributed by atoms with Crippen LogP contribution in [-0.4, -0.2) is 43.7 Å². The number of amides is 1. The quantitative estimate of drug-likeness (QED) is 0.723. The molecule has 27 heavy (non-hydrogen) atoms. The normalized spacial score (nSPS) is 10.5. The maximum absolute atomic E-state index is 12.5. The fourth-order valence-corrected chi connectivity index (χ4v) is 2.92. The zero-order valence-electron chi connectivity index (χ0n) is 15.8. The largest absolute Gasteiger partial charge is 0.497 e. The third kappa shape index (κ3) is 4.08. The first kappa shape index (κ1) is 18.4. The molecule has 1 heterocycles. The van der Waals surface area contributed by atoms with Gasteiger partial charge in [0, 0.05) is 36.3 Å². The molecule has 0 aliphatic heterocycles. The Morgan fingerprint density at radius 3 is 2.48 bits per heavy atom. The number of fused-ring (bicyclic) bond motifs is 1. The highest BCUT2D eigenvalue weighted by Gasteiger charge is 2.14. The second-order valence-corrected chi connectivity index (χ2v) is 6.17. The molecule has 2 aromatic carbocycles. The van der Waals surface area contributed by atoms with E-state index in [1.165, 1.54) is 6.33 Å². The predicted molar refractivity (Wildman–Crippen MR) is 106 cm³/mol. The summed E-state index contributed by atoms with van der Waals surface area (Å²) in [4.78, 5) is 23.0. The molecule has 0 radical (unpaired) electrons. The molecule has 1 N–H and O–H groups in total. The molecule has 0 saturated carbocycles. The van der Waals surface area contributed by atoms with Gasteiger partial charge in [0.15, 0.2) is 0 Å². The number of methoxy groups -OCH3 is 2. The van der Waals surface area contributed by atoms with Crippen molar-refractivity contribution in [1.82, 2.24) is 9.97 Å². The SMILES string of the molecule is COc1cc(NC(=O)CN(C)c2ncnc3cccc(C)c23)cc(OC)c1. The average Bonchev–Trinajstić information content (AvgIpc) is 2.67. The second kappa shape index (κ2) is 7.90. The van der Waals surface area contributed by atoms with Crippen molar-refractivity contribution in [2.75, 3.05) is 38.0 Å². The highest BCUT2D eigenvalue weighted by molar-refractivity contribution is 5.97. The highest BCUT2D eigenvalue weighted by atomic mass is 16.5. The molecule has 0 atom stereocenters. The smallest absolute Gasteiger partial charge is 0.243 e. The molecule has 3 rings (SSSR count). The molecule has 1 aromatic heterocycles. The number of benzene rings is 2. The van der Waals surface area contributed by atoms with Crippen LogP contribution in [0.2, 0.25) is 0 Å². The Kier molecular flexibility index (Phi) is 5.40. The van der Waals surface area contributed by atoms with Crippen LogP contribution in [0.4, 0.5) is 11.5 Å². The molecule has 0 unspecified atom stereocenters. The first-order valence-electron chi connectivity index (χ1n) is 8.46. The molecule has 140 valence electrons. The van der Waals surface area contributed by atoms with Crippen LogP contribution in [-0.2, 0) is 4.79 Å². The average molecular weight is 366 g/mol. The third-order valence-electron chi connectivity index (χ3n) is 4.23. The molecule has 0 fully saturated rings.